The Morgan fingerprint density at radius 3 is 1.15 bits per heavy atom. The second-order valence-electron chi connectivity index (χ2n) is 8.42. The van der Waals surface area contributed by atoms with Gasteiger partial charge in [-0.05, 0) is 83.6 Å². The molecule has 4 heterocycles. The van der Waals surface area contributed by atoms with E-state index in [1.165, 1.54) is 5.56 Å². The first kappa shape index (κ1) is 22.4. The van der Waals surface area contributed by atoms with Crippen LogP contribution in [0.25, 0.3) is 0 Å². The lowest BCUT2D eigenvalue weighted by molar-refractivity contribution is 1.01. The monoisotopic (exact) mass is 563 g/mol. The Hall–Kier alpha value is -3.40. The molecule has 1 aliphatic rings. The van der Waals surface area contributed by atoms with Gasteiger partial charge in [0.25, 0.3) is 0 Å². The van der Waals surface area contributed by atoms with E-state index in [9.17, 15) is 0 Å². The van der Waals surface area contributed by atoms with Crippen LogP contribution in [0.2, 0.25) is 0 Å². The topological polar surface area (TPSA) is 51.6 Å². The molecule has 5 rings (SSSR count). The maximum Gasteiger partial charge on any atom is 0.136 e. The van der Waals surface area contributed by atoms with Crippen molar-refractivity contribution < 1.29 is 0 Å². The smallest absolute Gasteiger partial charge is 0.136 e. The average Bonchev–Trinajstić information content (AvgIpc) is 2.87. The second-order valence-corrected chi connectivity index (χ2v) is 9.49. The summed E-state index contributed by atoms with van der Waals surface area (Å²) in [6.07, 6.45) is 0. The highest BCUT2D eigenvalue weighted by Crippen LogP contribution is 2.38. The fraction of sp³-hybridized carbons (Fsp3) is 0.192. The molecule has 0 atom stereocenters. The van der Waals surface area contributed by atoms with Crippen LogP contribution in [-0.4, -0.2) is 43.1 Å². The van der Waals surface area contributed by atoms with E-state index in [2.05, 4.69) is 65.5 Å². The van der Waals surface area contributed by atoms with Crippen LogP contribution >= 0.6 is 22.6 Å². The zero-order valence-electron chi connectivity index (χ0n) is 19.9. The summed E-state index contributed by atoms with van der Waals surface area (Å²) in [6, 6.07) is 22.5. The number of benzene rings is 1. The molecule has 0 unspecified atom stereocenters. The lowest BCUT2D eigenvalue weighted by atomic mass is 10.1. The van der Waals surface area contributed by atoms with Gasteiger partial charge in [0, 0.05) is 28.2 Å². The molecule has 0 amide bonds. The summed E-state index contributed by atoms with van der Waals surface area (Å²) in [5.74, 6) is 4.99. The second kappa shape index (κ2) is 8.75. The molecule has 0 fully saturated rings. The highest BCUT2D eigenvalue weighted by atomic mass is 127. The highest BCUT2D eigenvalue weighted by Gasteiger charge is 2.20. The lowest BCUT2D eigenvalue weighted by Gasteiger charge is -2.28. The summed E-state index contributed by atoms with van der Waals surface area (Å²) < 4.78 is 1.13. The molecule has 34 heavy (non-hydrogen) atoms. The molecule has 8 heteroatoms. The molecule has 0 aliphatic carbocycles. The van der Waals surface area contributed by atoms with Crippen molar-refractivity contribution in [2.24, 2.45) is 0 Å². The number of fused-ring (bicyclic) bond motifs is 8. The number of hydrogen-bond donors (Lipinski definition) is 0. The molecule has 8 bridgehead atoms. The number of nitrogens with zero attached hydrogens (tertiary/aromatic N) is 7. The van der Waals surface area contributed by atoms with E-state index in [-0.39, 0.29) is 0 Å². The molecule has 1 aromatic carbocycles. The third kappa shape index (κ3) is 3.91. The van der Waals surface area contributed by atoms with Crippen LogP contribution in [0.4, 0.5) is 46.3 Å². The van der Waals surface area contributed by atoms with Crippen molar-refractivity contribution in [3.05, 3.63) is 75.9 Å². The van der Waals surface area contributed by atoms with Gasteiger partial charge in [0.1, 0.15) is 34.9 Å². The maximum atomic E-state index is 4.97. The molecular formula is C26H26IN7. The number of rotatable bonds is 0. The Bertz CT molecular complexity index is 1280. The quantitative estimate of drug-likeness (QED) is 0.237. The van der Waals surface area contributed by atoms with Gasteiger partial charge in [-0.3, -0.25) is 0 Å². The standard InChI is InChI=1S/C26H26IN7/c1-17-15-18-26(27)19(16-17)32(3)21-10-7-12-23(29-21)34(5)25-14-8-13-24(30-25)33(4)22-11-6-9-20(28-22)31(18)2/h6-16H,1-5H3. The molecule has 0 N–H and O–H groups in total. The number of hydrogen-bond acceptors (Lipinski definition) is 7. The molecular weight excluding hydrogens is 537 g/mol. The van der Waals surface area contributed by atoms with Crippen molar-refractivity contribution in [1.82, 2.24) is 15.0 Å². The number of aryl methyl sites for hydroxylation is 1. The first-order chi connectivity index (χ1) is 16.3. The van der Waals surface area contributed by atoms with Crippen molar-refractivity contribution in [1.29, 1.82) is 0 Å². The van der Waals surface area contributed by atoms with Crippen LogP contribution in [0, 0.1) is 10.5 Å². The van der Waals surface area contributed by atoms with Crippen LogP contribution in [0.3, 0.4) is 0 Å². The summed E-state index contributed by atoms with van der Waals surface area (Å²) in [5.41, 5.74) is 3.36. The van der Waals surface area contributed by atoms with Gasteiger partial charge in [-0.15, -0.1) is 0 Å². The predicted octanol–water partition coefficient (Wildman–Crippen LogP) is 6.17. The van der Waals surface area contributed by atoms with E-state index in [4.69, 9.17) is 15.0 Å². The van der Waals surface area contributed by atoms with Crippen molar-refractivity contribution >= 4 is 68.9 Å². The SMILES string of the molecule is Cc1cc2c(I)c(c1)N(C)c1cccc(n1)N(C)c1cccc(n1)N(C)c1cccc(n1)N2C. The lowest BCUT2D eigenvalue weighted by Crippen LogP contribution is -2.21. The van der Waals surface area contributed by atoms with Crippen molar-refractivity contribution in [2.75, 3.05) is 47.8 Å². The first-order valence-corrected chi connectivity index (χ1v) is 12.1. The summed E-state index contributed by atoms with van der Waals surface area (Å²) in [7, 11) is 8.10. The Kier molecular flexibility index (Phi) is 5.76. The largest absolute Gasteiger partial charge is 0.328 e. The van der Waals surface area contributed by atoms with E-state index in [0.29, 0.717) is 0 Å². The zero-order chi connectivity index (χ0) is 24.0. The molecule has 7 nitrogen and oxygen atoms in total. The van der Waals surface area contributed by atoms with Crippen LogP contribution in [-0.2, 0) is 0 Å². The molecule has 0 saturated carbocycles. The van der Waals surface area contributed by atoms with E-state index in [0.717, 1.165) is 49.9 Å². The van der Waals surface area contributed by atoms with Crippen molar-refractivity contribution in [2.45, 2.75) is 6.92 Å². The maximum absolute atomic E-state index is 4.97. The van der Waals surface area contributed by atoms with Crippen molar-refractivity contribution in [3.63, 3.8) is 0 Å². The van der Waals surface area contributed by atoms with Gasteiger partial charge in [0.2, 0.25) is 0 Å². The Balaban J connectivity index is 1.77. The van der Waals surface area contributed by atoms with Crippen LogP contribution in [0.5, 0.6) is 0 Å². The van der Waals surface area contributed by atoms with Gasteiger partial charge in [0.15, 0.2) is 0 Å². The highest BCUT2D eigenvalue weighted by molar-refractivity contribution is 14.1. The van der Waals surface area contributed by atoms with Crippen molar-refractivity contribution in [3.8, 4) is 0 Å². The van der Waals surface area contributed by atoms with Crippen LogP contribution in [0.1, 0.15) is 5.56 Å². The first-order valence-electron chi connectivity index (χ1n) is 11.0. The zero-order valence-corrected chi connectivity index (χ0v) is 22.0. The van der Waals surface area contributed by atoms with E-state index in [1.54, 1.807) is 0 Å². The Morgan fingerprint density at radius 1 is 0.529 bits per heavy atom. The summed E-state index contributed by atoms with van der Waals surface area (Å²) >= 11 is 2.43. The van der Waals surface area contributed by atoms with Gasteiger partial charge >= 0.3 is 0 Å². The number of halogens is 1. The summed E-state index contributed by atoms with van der Waals surface area (Å²) in [4.78, 5) is 23.1. The fourth-order valence-corrected chi connectivity index (χ4v) is 5.09. The van der Waals surface area contributed by atoms with E-state index < -0.39 is 0 Å². The minimum atomic E-state index is 0.810. The average molecular weight is 563 g/mol. The number of anilines is 8. The molecule has 0 radical (unpaired) electrons. The molecule has 0 saturated heterocycles. The van der Waals surface area contributed by atoms with Crippen LogP contribution < -0.4 is 19.6 Å². The number of pyridine rings is 3. The molecule has 1 aliphatic heterocycles. The number of aromatic nitrogens is 3. The molecule has 3 aromatic heterocycles. The summed E-state index contributed by atoms with van der Waals surface area (Å²) in [6.45, 7) is 2.12. The van der Waals surface area contributed by atoms with Gasteiger partial charge in [0.05, 0.1) is 14.9 Å². The van der Waals surface area contributed by atoms with Gasteiger partial charge < -0.3 is 19.6 Å². The Morgan fingerprint density at radius 2 is 0.824 bits per heavy atom. The molecule has 4 aromatic rings. The van der Waals surface area contributed by atoms with E-state index >= 15 is 0 Å². The Labute approximate surface area is 213 Å². The normalized spacial score (nSPS) is 13.4. The third-order valence-corrected chi connectivity index (χ3v) is 7.23. The molecule has 0 spiro atoms. The molecule has 172 valence electrons. The fourth-order valence-electron chi connectivity index (χ4n) is 4.06. The van der Waals surface area contributed by atoms with E-state index in [1.807, 2.05) is 78.5 Å². The van der Waals surface area contributed by atoms with Gasteiger partial charge in [-0.25, -0.2) is 15.0 Å². The minimum Gasteiger partial charge on any atom is -0.328 e. The predicted molar refractivity (Wildman–Crippen MR) is 149 cm³/mol. The third-order valence-electron chi connectivity index (χ3n) is 6.12. The minimum absolute atomic E-state index is 0.810. The summed E-state index contributed by atoms with van der Waals surface area (Å²) in [5, 5.41) is 0. The van der Waals surface area contributed by atoms with Crippen LogP contribution in [0.15, 0.2) is 66.7 Å². The van der Waals surface area contributed by atoms with Gasteiger partial charge in [-0.1, -0.05) is 18.2 Å². The van der Waals surface area contributed by atoms with Gasteiger partial charge in [-0.2, -0.15) is 0 Å².